The van der Waals surface area contributed by atoms with Gasteiger partial charge < -0.3 is 14.9 Å². The van der Waals surface area contributed by atoms with E-state index in [9.17, 15) is 0 Å². The van der Waals surface area contributed by atoms with Gasteiger partial charge in [-0.05, 0) is 60.6 Å². The highest BCUT2D eigenvalue weighted by Crippen LogP contribution is 2.30. The van der Waals surface area contributed by atoms with Gasteiger partial charge in [-0.15, -0.1) is 0 Å². The predicted octanol–water partition coefficient (Wildman–Crippen LogP) is 2.47. The third-order valence-corrected chi connectivity index (χ3v) is 4.37. The van der Waals surface area contributed by atoms with Gasteiger partial charge in [-0.2, -0.15) is 0 Å². The van der Waals surface area contributed by atoms with Crippen LogP contribution in [-0.2, 0) is 6.61 Å². The first-order valence-corrected chi connectivity index (χ1v) is 7.21. The van der Waals surface area contributed by atoms with Crippen molar-refractivity contribution in [3.8, 4) is 0 Å². The minimum Gasteiger partial charge on any atom is -0.392 e. The minimum atomic E-state index is 0.0988. The summed E-state index contributed by atoms with van der Waals surface area (Å²) in [6.07, 6.45) is 2.42. The van der Waals surface area contributed by atoms with Gasteiger partial charge in [0.05, 0.1) is 12.3 Å². The van der Waals surface area contributed by atoms with Gasteiger partial charge in [0.15, 0.2) is 0 Å². The lowest BCUT2D eigenvalue weighted by Crippen LogP contribution is -2.42. The largest absolute Gasteiger partial charge is 0.392 e. The van der Waals surface area contributed by atoms with Crippen LogP contribution in [0.4, 0.5) is 5.69 Å². The number of aliphatic hydroxyl groups excluding tert-OH is 1. The SMILES string of the molecule is CN(C)C1CCN(c2ccc(CO)cc2Br)CC1. The summed E-state index contributed by atoms with van der Waals surface area (Å²) in [5, 5.41) is 9.12. The first-order chi connectivity index (χ1) is 8.61. The van der Waals surface area contributed by atoms with E-state index in [0.717, 1.165) is 23.1 Å². The van der Waals surface area contributed by atoms with Crippen LogP contribution in [0.25, 0.3) is 0 Å². The second-order valence-electron chi connectivity index (χ2n) is 5.13. The highest BCUT2D eigenvalue weighted by atomic mass is 79.9. The standard InChI is InChI=1S/C14H21BrN2O/c1-16(2)12-5-7-17(8-6-12)14-4-3-11(10-18)9-13(14)15/h3-4,9,12,18H,5-8,10H2,1-2H3. The zero-order valence-electron chi connectivity index (χ0n) is 11.1. The Morgan fingerprint density at radius 1 is 1.33 bits per heavy atom. The number of rotatable bonds is 3. The average Bonchev–Trinajstić information content (AvgIpc) is 2.38. The lowest BCUT2D eigenvalue weighted by atomic mass is 10.0. The van der Waals surface area contributed by atoms with Gasteiger partial charge in [0.2, 0.25) is 0 Å². The molecule has 0 bridgehead atoms. The van der Waals surface area contributed by atoms with Gasteiger partial charge >= 0.3 is 0 Å². The third kappa shape index (κ3) is 3.05. The second-order valence-corrected chi connectivity index (χ2v) is 5.98. The van der Waals surface area contributed by atoms with E-state index in [1.54, 1.807) is 0 Å². The fourth-order valence-corrected chi connectivity index (χ4v) is 3.21. The molecule has 1 aromatic carbocycles. The summed E-state index contributed by atoms with van der Waals surface area (Å²) in [5.41, 5.74) is 2.19. The van der Waals surface area contributed by atoms with Crippen LogP contribution in [0.3, 0.4) is 0 Å². The van der Waals surface area contributed by atoms with Crippen molar-refractivity contribution in [1.82, 2.24) is 4.90 Å². The summed E-state index contributed by atoms with van der Waals surface area (Å²) in [6, 6.07) is 6.81. The molecular formula is C14H21BrN2O. The van der Waals surface area contributed by atoms with Crippen LogP contribution < -0.4 is 4.90 Å². The van der Waals surface area contributed by atoms with Crippen LogP contribution in [0.1, 0.15) is 18.4 Å². The molecule has 1 aromatic rings. The van der Waals surface area contributed by atoms with E-state index < -0.39 is 0 Å². The summed E-state index contributed by atoms with van der Waals surface area (Å²) >= 11 is 3.60. The van der Waals surface area contributed by atoms with Crippen molar-refractivity contribution in [3.05, 3.63) is 28.2 Å². The Morgan fingerprint density at radius 2 is 2.00 bits per heavy atom. The smallest absolute Gasteiger partial charge is 0.0682 e. The molecule has 18 heavy (non-hydrogen) atoms. The highest BCUT2D eigenvalue weighted by Gasteiger charge is 2.21. The Bertz CT molecular complexity index is 401. The normalized spacial score (nSPS) is 17.5. The molecule has 0 spiro atoms. The molecule has 1 fully saturated rings. The Balaban J connectivity index is 2.05. The van der Waals surface area contributed by atoms with Crippen LogP contribution in [0.5, 0.6) is 0 Å². The van der Waals surface area contributed by atoms with E-state index >= 15 is 0 Å². The predicted molar refractivity (Wildman–Crippen MR) is 79.0 cm³/mol. The molecule has 0 unspecified atom stereocenters. The maximum atomic E-state index is 9.12. The quantitative estimate of drug-likeness (QED) is 0.929. The molecule has 1 aliphatic rings. The van der Waals surface area contributed by atoms with Crippen molar-refractivity contribution in [2.45, 2.75) is 25.5 Å². The fourth-order valence-electron chi connectivity index (χ4n) is 2.53. The van der Waals surface area contributed by atoms with E-state index in [1.165, 1.54) is 18.5 Å². The van der Waals surface area contributed by atoms with Crippen LogP contribution >= 0.6 is 15.9 Å². The van der Waals surface area contributed by atoms with Gasteiger partial charge in [-0.25, -0.2) is 0 Å². The number of aliphatic hydroxyl groups is 1. The summed E-state index contributed by atoms with van der Waals surface area (Å²) in [4.78, 5) is 4.74. The molecule has 0 saturated carbocycles. The third-order valence-electron chi connectivity index (χ3n) is 3.73. The monoisotopic (exact) mass is 312 g/mol. The second kappa shape index (κ2) is 6.04. The van der Waals surface area contributed by atoms with Crippen molar-refractivity contribution in [3.63, 3.8) is 0 Å². The van der Waals surface area contributed by atoms with Crippen LogP contribution in [0.15, 0.2) is 22.7 Å². The first-order valence-electron chi connectivity index (χ1n) is 6.42. The number of hydrogen-bond acceptors (Lipinski definition) is 3. The Hall–Kier alpha value is -0.580. The lowest BCUT2D eigenvalue weighted by molar-refractivity contribution is 0.249. The molecule has 1 aliphatic heterocycles. The number of halogens is 1. The number of hydrogen-bond donors (Lipinski definition) is 1. The zero-order chi connectivity index (χ0) is 13.1. The molecule has 3 nitrogen and oxygen atoms in total. The maximum Gasteiger partial charge on any atom is 0.0682 e. The molecule has 0 aliphatic carbocycles. The molecule has 0 radical (unpaired) electrons. The average molecular weight is 313 g/mol. The molecular weight excluding hydrogens is 292 g/mol. The summed E-state index contributed by atoms with van der Waals surface area (Å²) in [6.45, 7) is 2.29. The Morgan fingerprint density at radius 3 is 2.50 bits per heavy atom. The zero-order valence-corrected chi connectivity index (χ0v) is 12.7. The van der Waals surface area contributed by atoms with E-state index in [4.69, 9.17) is 5.11 Å². The maximum absolute atomic E-state index is 9.12. The lowest BCUT2D eigenvalue weighted by Gasteiger charge is -2.37. The fraction of sp³-hybridized carbons (Fsp3) is 0.571. The molecule has 100 valence electrons. The number of piperidine rings is 1. The molecule has 2 rings (SSSR count). The Labute approximate surface area is 118 Å². The van der Waals surface area contributed by atoms with Gasteiger partial charge in [0, 0.05) is 23.6 Å². The van der Waals surface area contributed by atoms with Gasteiger partial charge in [-0.1, -0.05) is 6.07 Å². The molecule has 1 heterocycles. The van der Waals surface area contributed by atoms with E-state index in [0.29, 0.717) is 6.04 Å². The van der Waals surface area contributed by atoms with E-state index in [-0.39, 0.29) is 6.61 Å². The van der Waals surface area contributed by atoms with E-state index in [2.05, 4.69) is 45.9 Å². The summed E-state index contributed by atoms with van der Waals surface area (Å²) in [5.74, 6) is 0. The Kier molecular flexibility index (Phi) is 4.65. The van der Waals surface area contributed by atoms with E-state index in [1.807, 2.05) is 12.1 Å². The van der Waals surface area contributed by atoms with Gasteiger partial charge in [0.1, 0.15) is 0 Å². The van der Waals surface area contributed by atoms with Crippen LogP contribution in [0.2, 0.25) is 0 Å². The van der Waals surface area contributed by atoms with Crippen molar-refractivity contribution in [2.75, 3.05) is 32.1 Å². The van der Waals surface area contributed by atoms with Crippen LogP contribution in [-0.4, -0.2) is 43.2 Å². The highest BCUT2D eigenvalue weighted by molar-refractivity contribution is 9.10. The molecule has 0 atom stereocenters. The van der Waals surface area contributed by atoms with Crippen molar-refractivity contribution < 1.29 is 5.11 Å². The number of nitrogens with zero attached hydrogens (tertiary/aromatic N) is 2. The molecule has 1 N–H and O–H groups in total. The molecule has 4 heteroatoms. The van der Waals surface area contributed by atoms with Crippen molar-refractivity contribution >= 4 is 21.6 Å². The van der Waals surface area contributed by atoms with Crippen molar-refractivity contribution in [2.24, 2.45) is 0 Å². The minimum absolute atomic E-state index is 0.0988. The topological polar surface area (TPSA) is 26.7 Å². The number of benzene rings is 1. The van der Waals surface area contributed by atoms with Gasteiger partial charge in [0.25, 0.3) is 0 Å². The first kappa shape index (κ1) is 13.8. The summed E-state index contributed by atoms with van der Waals surface area (Å²) < 4.78 is 1.08. The van der Waals surface area contributed by atoms with Crippen molar-refractivity contribution in [1.29, 1.82) is 0 Å². The number of anilines is 1. The van der Waals surface area contributed by atoms with Gasteiger partial charge in [-0.3, -0.25) is 0 Å². The molecule has 0 amide bonds. The molecule has 0 aromatic heterocycles. The summed E-state index contributed by atoms with van der Waals surface area (Å²) in [7, 11) is 4.32. The molecule has 1 saturated heterocycles. The van der Waals surface area contributed by atoms with Crippen LogP contribution in [0, 0.1) is 0 Å².